The number of hydrogen-bond donors (Lipinski definition) is 1. The summed E-state index contributed by atoms with van der Waals surface area (Å²) in [4.78, 5) is 4.55. The van der Waals surface area contributed by atoms with E-state index in [1.165, 1.54) is 6.42 Å². The van der Waals surface area contributed by atoms with E-state index < -0.39 is 0 Å². The van der Waals surface area contributed by atoms with E-state index in [0.29, 0.717) is 12.0 Å². The van der Waals surface area contributed by atoms with E-state index in [9.17, 15) is 0 Å². The average molecular weight is 201 g/mol. The normalized spacial score (nSPS) is 14.4. The van der Waals surface area contributed by atoms with Gasteiger partial charge in [-0.2, -0.15) is 0 Å². The molecule has 0 radical (unpaired) electrons. The molecule has 0 rings (SSSR count). The van der Waals surface area contributed by atoms with Crippen molar-refractivity contribution in [3.05, 3.63) is 0 Å². The van der Waals surface area contributed by atoms with Crippen LogP contribution < -0.4 is 5.73 Å². The lowest BCUT2D eigenvalue weighted by atomic mass is 10.1. The van der Waals surface area contributed by atoms with Crippen LogP contribution in [0.1, 0.15) is 20.3 Å². The molecule has 86 valence electrons. The van der Waals surface area contributed by atoms with Crippen LogP contribution in [0.3, 0.4) is 0 Å². The van der Waals surface area contributed by atoms with Crippen LogP contribution in [0.4, 0.5) is 0 Å². The summed E-state index contributed by atoms with van der Waals surface area (Å²) < 4.78 is 0. The summed E-state index contributed by atoms with van der Waals surface area (Å²) in [6, 6.07) is 0.305. The van der Waals surface area contributed by atoms with Crippen molar-refractivity contribution < 1.29 is 0 Å². The Kier molecular flexibility index (Phi) is 7.15. The lowest BCUT2D eigenvalue weighted by Crippen LogP contribution is -2.39. The maximum Gasteiger partial charge on any atom is 0.0191 e. The second-order valence-corrected chi connectivity index (χ2v) is 4.83. The molecule has 2 N–H and O–H groups in total. The predicted molar refractivity (Wildman–Crippen MR) is 63.5 cm³/mol. The van der Waals surface area contributed by atoms with E-state index in [2.05, 4.69) is 44.8 Å². The van der Waals surface area contributed by atoms with Crippen LogP contribution in [0.5, 0.6) is 0 Å². The lowest BCUT2D eigenvalue weighted by Gasteiger charge is -2.24. The molecule has 0 amide bonds. The maximum absolute atomic E-state index is 6.00. The van der Waals surface area contributed by atoms with Gasteiger partial charge in [0.25, 0.3) is 0 Å². The van der Waals surface area contributed by atoms with Crippen LogP contribution in [-0.4, -0.2) is 56.6 Å². The Morgan fingerprint density at radius 3 is 2.07 bits per heavy atom. The molecule has 0 aliphatic rings. The van der Waals surface area contributed by atoms with Crippen molar-refractivity contribution in [2.45, 2.75) is 26.3 Å². The third-order valence-electron chi connectivity index (χ3n) is 2.52. The topological polar surface area (TPSA) is 32.5 Å². The van der Waals surface area contributed by atoms with Crippen molar-refractivity contribution in [2.24, 2.45) is 11.7 Å². The zero-order valence-corrected chi connectivity index (χ0v) is 10.5. The van der Waals surface area contributed by atoms with E-state index in [-0.39, 0.29) is 0 Å². The van der Waals surface area contributed by atoms with Crippen molar-refractivity contribution in [1.29, 1.82) is 0 Å². The molecule has 1 atom stereocenters. The number of hydrogen-bond acceptors (Lipinski definition) is 3. The molecule has 0 spiro atoms. The smallest absolute Gasteiger partial charge is 0.0191 e. The predicted octanol–water partition coefficient (Wildman–Crippen LogP) is 0.853. The molecular weight excluding hydrogens is 174 g/mol. The van der Waals surface area contributed by atoms with Gasteiger partial charge in [-0.3, -0.25) is 0 Å². The van der Waals surface area contributed by atoms with Gasteiger partial charge in [0.05, 0.1) is 0 Å². The third-order valence-corrected chi connectivity index (χ3v) is 2.52. The quantitative estimate of drug-likeness (QED) is 0.663. The van der Waals surface area contributed by atoms with Crippen LogP contribution in [0.2, 0.25) is 0 Å². The van der Waals surface area contributed by atoms with E-state index in [1.807, 2.05) is 0 Å². The monoisotopic (exact) mass is 201 g/mol. The molecule has 0 aromatic heterocycles. The first-order valence-corrected chi connectivity index (χ1v) is 5.52. The molecule has 3 nitrogen and oxygen atoms in total. The van der Waals surface area contributed by atoms with E-state index in [4.69, 9.17) is 5.73 Å². The van der Waals surface area contributed by atoms with Gasteiger partial charge in [-0.25, -0.2) is 0 Å². The molecule has 0 bridgehead atoms. The summed E-state index contributed by atoms with van der Waals surface area (Å²) >= 11 is 0. The first kappa shape index (κ1) is 13.9. The van der Waals surface area contributed by atoms with Crippen LogP contribution in [0.25, 0.3) is 0 Å². The summed E-state index contributed by atoms with van der Waals surface area (Å²) in [5, 5.41) is 0. The van der Waals surface area contributed by atoms with Gasteiger partial charge in [0.1, 0.15) is 0 Å². The largest absolute Gasteiger partial charge is 0.326 e. The Hall–Kier alpha value is -0.120. The van der Waals surface area contributed by atoms with Crippen molar-refractivity contribution in [1.82, 2.24) is 9.80 Å². The van der Waals surface area contributed by atoms with E-state index in [0.717, 1.165) is 19.6 Å². The standard InChI is InChI=1S/C11H27N3/c1-10(2)11(12)9-14(5)8-6-7-13(3)4/h10-11H,6-9,12H2,1-5H3. The van der Waals surface area contributed by atoms with Gasteiger partial charge < -0.3 is 15.5 Å². The Bertz CT molecular complexity index is 134. The highest BCUT2D eigenvalue weighted by Gasteiger charge is 2.09. The minimum atomic E-state index is 0.305. The highest BCUT2D eigenvalue weighted by atomic mass is 15.1. The second kappa shape index (κ2) is 7.21. The molecule has 0 saturated carbocycles. The second-order valence-electron chi connectivity index (χ2n) is 4.83. The van der Waals surface area contributed by atoms with Crippen LogP contribution in [0.15, 0.2) is 0 Å². The summed E-state index contributed by atoms with van der Waals surface area (Å²) in [5.74, 6) is 0.575. The van der Waals surface area contributed by atoms with Gasteiger partial charge >= 0.3 is 0 Å². The van der Waals surface area contributed by atoms with Gasteiger partial charge in [-0.05, 0) is 46.6 Å². The van der Waals surface area contributed by atoms with E-state index >= 15 is 0 Å². The van der Waals surface area contributed by atoms with Crippen LogP contribution >= 0.6 is 0 Å². The highest BCUT2D eigenvalue weighted by Crippen LogP contribution is 2.00. The molecule has 0 aliphatic carbocycles. The molecule has 14 heavy (non-hydrogen) atoms. The molecule has 0 heterocycles. The fraction of sp³-hybridized carbons (Fsp3) is 1.00. The van der Waals surface area contributed by atoms with Crippen LogP contribution in [0, 0.1) is 5.92 Å². The Labute approximate surface area is 89.2 Å². The zero-order valence-electron chi connectivity index (χ0n) is 10.5. The van der Waals surface area contributed by atoms with Gasteiger partial charge in [-0.1, -0.05) is 13.8 Å². The van der Waals surface area contributed by atoms with Crippen molar-refractivity contribution >= 4 is 0 Å². The molecule has 0 fully saturated rings. The first-order valence-electron chi connectivity index (χ1n) is 5.52. The number of nitrogens with two attached hydrogens (primary N) is 1. The van der Waals surface area contributed by atoms with Gasteiger partial charge in [-0.15, -0.1) is 0 Å². The Morgan fingerprint density at radius 1 is 1.07 bits per heavy atom. The van der Waals surface area contributed by atoms with Crippen molar-refractivity contribution in [3.8, 4) is 0 Å². The summed E-state index contributed by atoms with van der Waals surface area (Å²) in [5.41, 5.74) is 6.00. The lowest BCUT2D eigenvalue weighted by molar-refractivity contribution is 0.266. The molecule has 1 unspecified atom stereocenters. The molecule has 3 heteroatoms. The summed E-state index contributed by atoms with van der Waals surface area (Å²) in [7, 11) is 6.37. The average Bonchev–Trinajstić information content (AvgIpc) is 2.02. The molecule has 0 saturated heterocycles. The maximum atomic E-state index is 6.00. The van der Waals surface area contributed by atoms with E-state index in [1.54, 1.807) is 0 Å². The fourth-order valence-corrected chi connectivity index (χ4v) is 1.32. The molecule has 0 aromatic carbocycles. The van der Waals surface area contributed by atoms with Crippen molar-refractivity contribution in [2.75, 3.05) is 40.8 Å². The molecule has 0 aliphatic heterocycles. The Morgan fingerprint density at radius 2 is 1.64 bits per heavy atom. The number of nitrogens with zero attached hydrogens (tertiary/aromatic N) is 2. The Balaban J connectivity index is 3.50. The summed E-state index contributed by atoms with van der Waals surface area (Å²) in [6.07, 6.45) is 1.22. The van der Waals surface area contributed by atoms with Gasteiger partial charge in [0, 0.05) is 12.6 Å². The number of likely N-dealkylation sites (N-methyl/N-ethyl adjacent to an activating group) is 1. The molecule has 0 aromatic rings. The zero-order chi connectivity index (χ0) is 11.1. The summed E-state index contributed by atoms with van der Waals surface area (Å²) in [6.45, 7) is 7.65. The van der Waals surface area contributed by atoms with Gasteiger partial charge in [0.2, 0.25) is 0 Å². The van der Waals surface area contributed by atoms with Crippen molar-refractivity contribution in [3.63, 3.8) is 0 Å². The van der Waals surface area contributed by atoms with Crippen LogP contribution in [-0.2, 0) is 0 Å². The SMILES string of the molecule is CC(C)C(N)CN(C)CCCN(C)C. The first-order chi connectivity index (χ1) is 6.43. The fourth-order valence-electron chi connectivity index (χ4n) is 1.32. The molecular formula is C11H27N3. The minimum Gasteiger partial charge on any atom is -0.326 e. The van der Waals surface area contributed by atoms with Gasteiger partial charge in [0.15, 0.2) is 0 Å². The highest BCUT2D eigenvalue weighted by molar-refractivity contribution is 4.69. The number of rotatable bonds is 7. The minimum absolute atomic E-state index is 0.305. The third kappa shape index (κ3) is 7.30.